The molecular weight excluding hydrogens is 432 g/mol. The highest BCUT2D eigenvalue weighted by atomic mass is 16.5. The molecule has 1 fully saturated rings. The summed E-state index contributed by atoms with van der Waals surface area (Å²) in [6, 6.07) is 10.9. The van der Waals surface area contributed by atoms with Gasteiger partial charge in [-0.05, 0) is 44.3 Å². The maximum atomic E-state index is 6.38. The van der Waals surface area contributed by atoms with Crippen LogP contribution in [0.1, 0.15) is 109 Å². The largest absolute Gasteiger partial charge is 0.379 e. The Morgan fingerprint density at radius 3 is 1.97 bits per heavy atom. The molecule has 0 aromatic heterocycles. The number of nitrogens with two attached hydrogens (primary N) is 1. The van der Waals surface area contributed by atoms with Crippen LogP contribution < -0.4 is 5.73 Å². The van der Waals surface area contributed by atoms with Crippen molar-refractivity contribution < 1.29 is 9.47 Å². The summed E-state index contributed by atoms with van der Waals surface area (Å²) >= 11 is 0. The van der Waals surface area contributed by atoms with E-state index >= 15 is 0 Å². The van der Waals surface area contributed by atoms with Crippen LogP contribution in [0.4, 0.5) is 0 Å². The molecule has 0 amide bonds. The summed E-state index contributed by atoms with van der Waals surface area (Å²) in [5, 5.41) is 0. The molecule has 202 valence electrons. The van der Waals surface area contributed by atoms with Crippen molar-refractivity contribution in [2.75, 3.05) is 46.0 Å². The molecule has 1 heterocycles. The monoisotopic (exact) mass is 488 g/mol. The van der Waals surface area contributed by atoms with Crippen molar-refractivity contribution in [2.45, 2.75) is 115 Å². The van der Waals surface area contributed by atoms with Crippen molar-refractivity contribution in [3.8, 4) is 0 Å². The van der Waals surface area contributed by atoms with Gasteiger partial charge in [-0.2, -0.15) is 0 Å². The molecule has 2 N–H and O–H groups in total. The fourth-order valence-corrected chi connectivity index (χ4v) is 5.34. The molecule has 4 nitrogen and oxygen atoms in total. The lowest BCUT2D eigenvalue weighted by molar-refractivity contribution is -0.0388. The molecule has 1 saturated heterocycles. The first-order valence-electron chi connectivity index (χ1n) is 14.9. The molecule has 0 bridgehead atoms. The lowest BCUT2D eigenvalue weighted by Gasteiger charge is -2.42. The van der Waals surface area contributed by atoms with E-state index in [0.29, 0.717) is 0 Å². The van der Waals surface area contributed by atoms with Crippen LogP contribution in [0.15, 0.2) is 30.3 Å². The third-order valence-electron chi connectivity index (χ3n) is 7.85. The molecule has 1 aromatic rings. The Balaban J connectivity index is 1.75. The van der Waals surface area contributed by atoms with E-state index in [4.69, 9.17) is 15.2 Å². The van der Waals surface area contributed by atoms with Crippen LogP contribution >= 0.6 is 0 Å². The van der Waals surface area contributed by atoms with E-state index in [0.717, 1.165) is 58.8 Å². The molecule has 35 heavy (non-hydrogen) atoms. The Morgan fingerprint density at radius 2 is 1.37 bits per heavy atom. The number of piperidine rings is 1. The summed E-state index contributed by atoms with van der Waals surface area (Å²) in [6.45, 7) is 10.9. The minimum Gasteiger partial charge on any atom is -0.379 e. The summed E-state index contributed by atoms with van der Waals surface area (Å²) in [4.78, 5) is 2.58. The van der Waals surface area contributed by atoms with Crippen LogP contribution in [0.5, 0.6) is 0 Å². The van der Waals surface area contributed by atoms with E-state index in [1.54, 1.807) is 0 Å². The first-order chi connectivity index (χ1) is 17.2. The van der Waals surface area contributed by atoms with Crippen molar-refractivity contribution in [1.82, 2.24) is 4.90 Å². The van der Waals surface area contributed by atoms with Gasteiger partial charge in [0, 0.05) is 31.7 Å². The Kier molecular flexibility index (Phi) is 16.6. The first-order valence-corrected chi connectivity index (χ1v) is 14.9. The third-order valence-corrected chi connectivity index (χ3v) is 7.85. The zero-order valence-electron chi connectivity index (χ0n) is 23.2. The van der Waals surface area contributed by atoms with Gasteiger partial charge in [-0.3, -0.25) is 0 Å². The standard InChI is InChI=1S/C31H56N2O2/c1-3-5-7-9-11-16-24-34-27-30(35-25-17-12-10-8-6-4-2)26-33-22-20-31(28-32,21-23-33)29-18-14-13-15-19-29/h13-15,18-19,30H,3-12,16-17,20-28,32H2,1-2H3. The highest BCUT2D eigenvalue weighted by Gasteiger charge is 2.35. The Labute approximate surface area is 217 Å². The molecule has 0 aliphatic carbocycles. The molecule has 0 spiro atoms. The second-order valence-corrected chi connectivity index (χ2v) is 10.8. The highest BCUT2D eigenvalue weighted by Crippen LogP contribution is 2.34. The second-order valence-electron chi connectivity index (χ2n) is 10.8. The van der Waals surface area contributed by atoms with Gasteiger partial charge < -0.3 is 20.1 Å². The molecule has 1 aliphatic rings. The quantitative estimate of drug-likeness (QED) is 0.187. The predicted molar refractivity (Wildman–Crippen MR) is 150 cm³/mol. The number of unbranched alkanes of at least 4 members (excludes halogenated alkanes) is 10. The Hall–Kier alpha value is -0.940. The maximum absolute atomic E-state index is 6.38. The minimum atomic E-state index is 0.126. The summed E-state index contributed by atoms with van der Waals surface area (Å²) < 4.78 is 12.5. The zero-order chi connectivity index (χ0) is 25.0. The van der Waals surface area contributed by atoms with Crippen molar-refractivity contribution >= 4 is 0 Å². The Bertz CT molecular complexity index is 601. The summed E-state index contributed by atoms with van der Waals surface area (Å²) in [6.07, 6.45) is 18.1. The zero-order valence-corrected chi connectivity index (χ0v) is 23.2. The van der Waals surface area contributed by atoms with Gasteiger partial charge in [0.15, 0.2) is 0 Å². The molecule has 0 radical (unpaired) electrons. The topological polar surface area (TPSA) is 47.7 Å². The fraction of sp³-hybridized carbons (Fsp3) is 0.806. The van der Waals surface area contributed by atoms with Gasteiger partial charge in [-0.25, -0.2) is 0 Å². The van der Waals surface area contributed by atoms with Crippen molar-refractivity contribution in [2.24, 2.45) is 5.73 Å². The lowest BCUT2D eigenvalue weighted by atomic mass is 9.73. The van der Waals surface area contributed by atoms with E-state index in [2.05, 4.69) is 49.1 Å². The van der Waals surface area contributed by atoms with E-state index < -0.39 is 0 Å². The lowest BCUT2D eigenvalue weighted by Crippen LogP contribution is -2.49. The average Bonchev–Trinajstić information content (AvgIpc) is 2.90. The highest BCUT2D eigenvalue weighted by molar-refractivity contribution is 5.26. The molecule has 1 atom stereocenters. The number of ether oxygens (including phenoxy) is 2. The van der Waals surface area contributed by atoms with E-state index in [9.17, 15) is 0 Å². The van der Waals surface area contributed by atoms with Crippen LogP contribution in [0, 0.1) is 0 Å². The van der Waals surface area contributed by atoms with Crippen LogP contribution in [0.3, 0.4) is 0 Å². The van der Waals surface area contributed by atoms with Crippen LogP contribution in [0.2, 0.25) is 0 Å². The molecule has 1 aliphatic heterocycles. The van der Waals surface area contributed by atoms with Gasteiger partial charge in [0.25, 0.3) is 0 Å². The molecule has 2 rings (SSSR count). The molecular formula is C31H56N2O2. The van der Waals surface area contributed by atoms with Crippen LogP contribution in [-0.4, -0.2) is 57.0 Å². The van der Waals surface area contributed by atoms with E-state index in [1.165, 1.54) is 82.6 Å². The van der Waals surface area contributed by atoms with Gasteiger partial charge in [-0.1, -0.05) is 108 Å². The number of hydrogen-bond donors (Lipinski definition) is 1. The number of rotatable bonds is 21. The second kappa shape index (κ2) is 19.2. The number of nitrogens with zero attached hydrogens (tertiary/aromatic N) is 1. The molecule has 1 aromatic carbocycles. The van der Waals surface area contributed by atoms with E-state index in [-0.39, 0.29) is 11.5 Å². The van der Waals surface area contributed by atoms with Gasteiger partial charge in [0.2, 0.25) is 0 Å². The maximum Gasteiger partial charge on any atom is 0.0934 e. The van der Waals surface area contributed by atoms with Gasteiger partial charge in [0.1, 0.15) is 0 Å². The van der Waals surface area contributed by atoms with Crippen LogP contribution in [0.25, 0.3) is 0 Å². The minimum absolute atomic E-state index is 0.126. The molecule has 4 heteroatoms. The molecule has 1 unspecified atom stereocenters. The van der Waals surface area contributed by atoms with Crippen molar-refractivity contribution in [3.63, 3.8) is 0 Å². The van der Waals surface area contributed by atoms with Crippen molar-refractivity contribution in [3.05, 3.63) is 35.9 Å². The van der Waals surface area contributed by atoms with Gasteiger partial charge >= 0.3 is 0 Å². The third kappa shape index (κ3) is 12.2. The summed E-state index contributed by atoms with van der Waals surface area (Å²) in [7, 11) is 0. The number of likely N-dealkylation sites (tertiary alicyclic amines) is 1. The molecule has 0 saturated carbocycles. The summed E-state index contributed by atoms with van der Waals surface area (Å²) in [5.74, 6) is 0. The average molecular weight is 489 g/mol. The number of hydrogen-bond acceptors (Lipinski definition) is 4. The predicted octanol–water partition coefficient (Wildman–Crippen LogP) is 7.10. The van der Waals surface area contributed by atoms with Gasteiger partial charge in [-0.15, -0.1) is 0 Å². The SMILES string of the molecule is CCCCCCCCOCC(CN1CCC(CN)(c2ccccc2)CC1)OCCCCCCCC. The van der Waals surface area contributed by atoms with Crippen molar-refractivity contribution in [1.29, 1.82) is 0 Å². The fourth-order valence-electron chi connectivity index (χ4n) is 5.34. The number of benzene rings is 1. The normalized spacial score (nSPS) is 17.0. The Morgan fingerprint density at radius 1 is 0.800 bits per heavy atom. The summed E-state index contributed by atoms with van der Waals surface area (Å²) in [5.41, 5.74) is 7.84. The van der Waals surface area contributed by atoms with Crippen LogP contribution in [-0.2, 0) is 14.9 Å². The van der Waals surface area contributed by atoms with Gasteiger partial charge in [0.05, 0.1) is 12.7 Å². The smallest absolute Gasteiger partial charge is 0.0934 e. The van der Waals surface area contributed by atoms with E-state index in [1.807, 2.05) is 0 Å². The first kappa shape index (κ1) is 30.3.